The van der Waals surface area contributed by atoms with E-state index in [9.17, 15) is 17.2 Å². The van der Waals surface area contributed by atoms with Gasteiger partial charge in [0.05, 0.1) is 4.90 Å². The third kappa shape index (κ3) is 2.99. The molecule has 1 atom stereocenters. The summed E-state index contributed by atoms with van der Waals surface area (Å²) in [5.74, 6) is -2.24. The van der Waals surface area contributed by atoms with E-state index in [0.29, 0.717) is 12.5 Å². The van der Waals surface area contributed by atoms with Crippen LogP contribution in [0, 0.1) is 11.6 Å². The van der Waals surface area contributed by atoms with Crippen molar-refractivity contribution in [3.8, 4) is 0 Å². The summed E-state index contributed by atoms with van der Waals surface area (Å²) in [5, 5.41) is 0. The Bertz CT molecular complexity index is 474. The van der Waals surface area contributed by atoms with Crippen molar-refractivity contribution in [3.05, 3.63) is 29.8 Å². The summed E-state index contributed by atoms with van der Waals surface area (Å²) in [6.45, 7) is 3.51. The number of sulfonamides is 1. The molecule has 0 radical (unpaired) electrons. The van der Waals surface area contributed by atoms with Crippen LogP contribution >= 0.6 is 0 Å². The minimum atomic E-state index is -3.77. The van der Waals surface area contributed by atoms with E-state index in [4.69, 9.17) is 0 Å². The molecule has 6 heteroatoms. The maximum atomic E-state index is 12.9. The summed E-state index contributed by atoms with van der Waals surface area (Å²) in [7, 11) is -3.77. The molecule has 0 aromatic heterocycles. The second-order valence-electron chi connectivity index (χ2n) is 3.51. The minimum absolute atomic E-state index is 0.252. The third-order valence-corrected chi connectivity index (χ3v) is 3.76. The van der Waals surface area contributed by atoms with Gasteiger partial charge in [0.2, 0.25) is 10.0 Å². The lowest BCUT2D eigenvalue weighted by Crippen LogP contribution is -2.32. The number of hydrogen-bond acceptors (Lipinski definition) is 2. The van der Waals surface area contributed by atoms with Gasteiger partial charge in [-0.1, -0.05) is 6.92 Å². The standard InChI is InChI=1S/C10H13F2NO2S/c1-3-7(2)13-16(14,15)8-4-5-9(11)10(12)6-8/h4-7,13H,3H2,1-2H3/t7-/m1/s1. The first-order valence-corrected chi connectivity index (χ1v) is 6.32. The zero-order chi connectivity index (χ0) is 12.3. The SMILES string of the molecule is CC[C@@H](C)NS(=O)(=O)c1ccc(F)c(F)c1. The van der Waals surface area contributed by atoms with Crippen LogP contribution in [-0.4, -0.2) is 14.5 Å². The number of benzene rings is 1. The van der Waals surface area contributed by atoms with Crippen molar-refractivity contribution in [2.75, 3.05) is 0 Å². The Balaban J connectivity index is 3.03. The van der Waals surface area contributed by atoms with Crippen LogP contribution in [0.25, 0.3) is 0 Å². The Morgan fingerprint density at radius 1 is 1.31 bits per heavy atom. The predicted octanol–water partition coefficient (Wildman–Crippen LogP) is 2.04. The number of hydrogen-bond donors (Lipinski definition) is 1. The summed E-state index contributed by atoms with van der Waals surface area (Å²) in [6.07, 6.45) is 0.614. The highest BCUT2D eigenvalue weighted by Gasteiger charge is 2.18. The summed E-state index contributed by atoms with van der Waals surface area (Å²) >= 11 is 0. The average Bonchev–Trinajstić information content (AvgIpc) is 2.21. The quantitative estimate of drug-likeness (QED) is 0.887. The molecule has 90 valence electrons. The number of nitrogens with one attached hydrogen (secondary N) is 1. The smallest absolute Gasteiger partial charge is 0.208 e. The topological polar surface area (TPSA) is 46.2 Å². The van der Waals surface area contributed by atoms with E-state index in [2.05, 4.69) is 4.72 Å². The molecule has 0 spiro atoms. The van der Waals surface area contributed by atoms with Crippen LogP contribution < -0.4 is 4.72 Å². The summed E-state index contributed by atoms with van der Waals surface area (Å²) in [6, 6.07) is 2.24. The van der Waals surface area contributed by atoms with Gasteiger partial charge >= 0.3 is 0 Å². The van der Waals surface area contributed by atoms with Crippen molar-refractivity contribution in [1.29, 1.82) is 0 Å². The molecule has 0 saturated carbocycles. The lowest BCUT2D eigenvalue weighted by Gasteiger charge is -2.11. The Hall–Kier alpha value is -1.01. The Morgan fingerprint density at radius 2 is 1.94 bits per heavy atom. The van der Waals surface area contributed by atoms with Gasteiger partial charge in [0.25, 0.3) is 0 Å². The molecule has 0 aliphatic rings. The van der Waals surface area contributed by atoms with Crippen LogP contribution in [0.5, 0.6) is 0 Å². The van der Waals surface area contributed by atoms with Crippen LogP contribution in [-0.2, 0) is 10.0 Å². The molecule has 3 nitrogen and oxygen atoms in total. The Kier molecular flexibility index (Phi) is 3.98. The van der Waals surface area contributed by atoms with E-state index in [1.54, 1.807) is 6.92 Å². The zero-order valence-electron chi connectivity index (χ0n) is 9.00. The molecule has 0 bridgehead atoms. The second kappa shape index (κ2) is 4.88. The van der Waals surface area contributed by atoms with E-state index in [1.165, 1.54) is 0 Å². The van der Waals surface area contributed by atoms with E-state index in [0.717, 1.165) is 12.1 Å². The van der Waals surface area contributed by atoms with E-state index >= 15 is 0 Å². The fraction of sp³-hybridized carbons (Fsp3) is 0.400. The van der Waals surface area contributed by atoms with E-state index in [1.807, 2.05) is 6.92 Å². The molecule has 0 fully saturated rings. The van der Waals surface area contributed by atoms with Gasteiger partial charge in [-0.15, -0.1) is 0 Å². The molecule has 1 rings (SSSR count). The van der Waals surface area contributed by atoms with E-state index < -0.39 is 21.7 Å². The van der Waals surface area contributed by atoms with Gasteiger partial charge < -0.3 is 0 Å². The molecule has 1 aromatic carbocycles. The highest BCUT2D eigenvalue weighted by molar-refractivity contribution is 7.89. The second-order valence-corrected chi connectivity index (χ2v) is 5.22. The van der Waals surface area contributed by atoms with Crippen LogP contribution in [0.4, 0.5) is 8.78 Å². The van der Waals surface area contributed by atoms with Gasteiger partial charge in [-0.25, -0.2) is 21.9 Å². The van der Waals surface area contributed by atoms with Crippen molar-refractivity contribution >= 4 is 10.0 Å². The predicted molar refractivity (Wildman–Crippen MR) is 56.4 cm³/mol. The van der Waals surface area contributed by atoms with Crippen LogP contribution in [0.15, 0.2) is 23.1 Å². The molecule has 0 heterocycles. The maximum absolute atomic E-state index is 12.9. The molecular weight excluding hydrogens is 236 g/mol. The third-order valence-electron chi connectivity index (χ3n) is 2.17. The molecular formula is C10H13F2NO2S. The average molecular weight is 249 g/mol. The van der Waals surface area contributed by atoms with Gasteiger partial charge in [-0.05, 0) is 31.5 Å². The van der Waals surface area contributed by atoms with Gasteiger partial charge in [-0.2, -0.15) is 0 Å². The first kappa shape index (κ1) is 13.1. The largest absolute Gasteiger partial charge is 0.240 e. The van der Waals surface area contributed by atoms with E-state index in [-0.39, 0.29) is 10.9 Å². The highest BCUT2D eigenvalue weighted by Crippen LogP contribution is 2.14. The van der Waals surface area contributed by atoms with Crippen molar-refractivity contribution < 1.29 is 17.2 Å². The number of halogens is 2. The number of rotatable bonds is 4. The molecule has 0 aliphatic heterocycles. The van der Waals surface area contributed by atoms with Crippen LogP contribution in [0.2, 0.25) is 0 Å². The fourth-order valence-electron chi connectivity index (χ4n) is 1.06. The molecule has 0 aliphatic carbocycles. The molecule has 16 heavy (non-hydrogen) atoms. The summed E-state index contributed by atoms with van der Waals surface area (Å²) < 4.78 is 51.2. The first-order valence-electron chi connectivity index (χ1n) is 4.84. The van der Waals surface area contributed by atoms with Crippen molar-refractivity contribution in [3.63, 3.8) is 0 Å². The normalized spacial score (nSPS) is 13.8. The summed E-state index contributed by atoms with van der Waals surface area (Å²) in [5.41, 5.74) is 0. The van der Waals surface area contributed by atoms with Gasteiger partial charge in [0, 0.05) is 6.04 Å². The molecule has 0 amide bonds. The first-order chi connectivity index (χ1) is 7.36. The Morgan fingerprint density at radius 3 is 2.44 bits per heavy atom. The van der Waals surface area contributed by atoms with Crippen molar-refractivity contribution in [2.45, 2.75) is 31.2 Å². The van der Waals surface area contributed by atoms with Crippen LogP contribution in [0.1, 0.15) is 20.3 Å². The van der Waals surface area contributed by atoms with Crippen molar-refractivity contribution in [1.82, 2.24) is 4.72 Å². The lowest BCUT2D eigenvalue weighted by molar-refractivity contribution is 0.503. The Labute approximate surface area is 93.5 Å². The summed E-state index contributed by atoms with van der Waals surface area (Å²) in [4.78, 5) is -0.272. The van der Waals surface area contributed by atoms with Gasteiger partial charge in [0.1, 0.15) is 0 Å². The fourth-order valence-corrected chi connectivity index (χ4v) is 2.40. The zero-order valence-corrected chi connectivity index (χ0v) is 9.81. The molecule has 0 unspecified atom stereocenters. The maximum Gasteiger partial charge on any atom is 0.240 e. The van der Waals surface area contributed by atoms with Gasteiger partial charge in [-0.3, -0.25) is 0 Å². The molecule has 1 N–H and O–H groups in total. The molecule has 0 saturated heterocycles. The highest BCUT2D eigenvalue weighted by atomic mass is 32.2. The van der Waals surface area contributed by atoms with Crippen LogP contribution in [0.3, 0.4) is 0 Å². The van der Waals surface area contributed by atoms with Crippen molar-refractivity contribution in [2.24, 2.45) is 0 Å². The lowest BCUT2D eigenvalue weighted by atomic mass is 10.3. The minimum Gasteiger partial charge on any atom is -0.208 e. The van der Waals surface area contributed by atoms with Gasteiger partial charge in [0.15, 0.2) is 11.6 Å². The monoisotopic (exact) mass is 249 g/mol. The molecule has 1 aromatic rings.